The van der Waals surface area contributed by atoms with Crippen LogP contribution in [0.4, 0.5) is 11.4 Å². The molecule has 4 nitrogen and oxygen atoms in total. The minimum absolute atomic E-state index is 0.0226. The number of thioether (sulfide) groups is 2. The third kappa shape index (κ3) is 3.50. The van der Waals surface area contributed by atoms with Crippen LogP contribution in [0.3, 0.4) is 0 Å². The summed E-state index contributed by atoms with van der Waals surface area (Å²) in [5.41, 5.74) is 3.96. The molecule has 0 spiro atoms. The van der Waals surface area contributed by atoms with Gasteiger partial charge >= 0.3 is 0 Å². The lowest BCUT2D eigenvalue weighted by Crippen LogP contribution is -2.29. The number of anilines is 2. The molecular weight excluding hydrogens is 412 g/mol. The molecule has 0 unspecified atom stereocenters. The fourth-order valence-electron chi connectivity index (χ4n) is 3.91. The third-order valence-corrected chi connectivity index (χ3v) is 7.74. The smallest absolute Gasteiger partial charge is 0.238 e. The van der Waals surface area contributed by atoms with Crippen molar-refractivity contribution in [3.8, 4) is 0 Å². The van der Waals surface area contributed by atoms with Gasteiger partial charge in [-0.3, -0.25) is 19.4 Å². The molecule has 0 saturated carbocycles. The number of nitrogens with zero attached hydrogens (tertiary/aromatic N) is 2. The molecule has 2 aliphatic heterocycles. The molecule has 2 fully saturated rings. The largest absolute Gasteiger partial charge is 0.295 e. The quantitative estimate of drug-likeness (QED) is 0.565. The fourth-order valence-corrected chi connectivity index (χ4v) is 6.26. The van der Waals surface area contributed by atoms with Gasteiger partial charge in [0.2, 0.25) is 11.8 Å². The predicted molar refractivity (Wildman–Crippen MR) is 125 cm³/mol. The summed E-state index contributed by atoms with van der Waals surface area (Å²) in [7, 11) is 0. The average Bonchev–Trinajstić information content (AvgIpc) is 3.38. The van der Waals surface area contributed by atoms with E-state index in [-0.39, 0.29) is 22.6 Å². The van der Waals surface area contributed by atoms with E-state index in [1.54, 1.807) is 23.5 Å². The fraction of sp³-hybridized carbons (Fsp3) is 0.167. The van der Waals surface area contributed by atoms with E-state index in [0.717, 1.165) is 22.5 Å². The van der Waals surface area contributed by atoms with Crippen LogP contribution in [-0.4, -0.2) is 23.3 Å². The van der Waals surface area contributed by atoms with Gasteiger partial charge in [-0.2, -0.15) is 0 Å². The molecule has 5 rings (SSSR count). The van der Waals surface area contributed by atoms with E-state index < -0.39 is 0 Å². The summed E-state index contributed by atoms with van der Waals surface area (Å²) < 4.78 is 0. The maximum absolute atomic E-state index is 12.6. The molecule has 0 aliphatic carbocycles. The minimum Gasteiger partial charge on any atom is -0.295 e. The van der Waals surface area contributed by atoms with E-state index in [1.165, 1.54) is 0 Å². The maximum atomic E-state index is 12.6. The second-order valence-corrected chi connectivity index (χ2v) is 9.33. The molecule has 0 bridgehead atoms. The Hall–Kier alpha value is -2.70. The normalized spacial score (nSPS) is 21.5. The van der Waals surface area contributed by atoms with Gasteiger partial charge in [0.1, 0.15) is 10.7 Å². The SMILES string of the molecule is O=C1CS[C@H](c2ccccc2)N1c1ccc(N2C(=O)CS[C@H]2c2ccccc2)cc1. The van der Waals surface area contributed by atoms with Crippen LogP contribution in [0.25, 0.3) is 0 Å². The van der Waals surface area contributed by atoms with Crippen LogP contribution in [0.5, 0.6) is 0 Å². The average molecular weight is 433 g/mol. The van der Waals surface area contributed by atoms with Gasteiger partial charge in [-0.1, -0.05) is 60.7 Å². The van der Waals surface area contributed by atoms with Gasteiger partial charge < -0.3 is 0 Å². The van der Waals surface area contributed by atoms with Gasteiger partial charge in [0.25, 0.3) is 0 Å². The predicted octanol–water partition coefficient (Wildman–Crippen LogP) is 5.24. The van der Waals surface area contributed by atoms with E-state index in [9.17, 15) is 9.59 Å². The highest BCUT2D eigenvalue weighted by Crippen LogP contribution is 2.44. The van der Waals surface area contributed by atoms with Crippen molar-refractivity contribution in [2.45, 2.75) is 10.7 Å². The summed E-state index contributed by atoms with van der Waals surface area (Å²) in [4.78, 5) is 29.0. The van der Waals surface area contributed by atoms with Gasteiger partial charge in [0.05, 0.1) is 11.5 Å². The van der Waals surface area contributed by atoms with Crippen molar-refractivity contribution < 1.29 is 9.59 Å². The number of amides is 2. The van der Waals surface area contributed by atoms with E-state index in [4.69, 9.17) is 0 Å². The molecule has 2 aliphatic rings. The van der Waals surface area contributed by atoms with Crippen molar-refractivity contribution in [1.29, 1.82) is 0 Å². The maximum Gasteiger partial charge on any atom is 0.238 e. The van der Waals surface area contributed by atoms with Crippen molar-refractivity contribution in [2.75, 3.05) is 21.3 Å². The molecule has 30 heavy (non-hydrogen) atoms. The van der Waals surface area contributed by atoms with Crippen molar-refractivity contribution in [3.05, 3.63) is 96.1 Å². The Labute approximate surface area is 184 Å². The zero-order valence-electron chi connectivity index (χ0n) is 16.2. The number of carbonyl (C=O) groups excluding carboxylic acids is 2. The Kier molecular flexibility index (Phi) is 5.27. The Morgan fingerprint density at radius 2 is 0.933 bits per heavy atom. The van der Waals surface area contributed by atoms with Crippen LogP contribution in [0.1, 0.15) is 21.9 Å². The first-order chi connectivity index (χ1) is 14.7. The van der Waals surface area contributed by atoms with Crippen LogP contribution in [-0.2, 0) is 9.59 Å². The van der Waals surface area contributed by atoms with E-state index in [1.807, 2.05) is 70.5 Å². The lowest BCUT2D eigenvalue weighted by atomic mass is 10.1. The van der Waals surface area contributed by atoms with E-state index in [2.05, 4.69) is 24.3 Å². The monoisotopic (exact) mass is 432 g/mol. The zero-order chi connectivity index (χ0) is 20.5. The summed E-state index contributed by atoms with van der Waals surface area (Å²) in [6, 6.07) is 28.0. The highest BCUT2D eigenvalue weighted by Gasteiger charge is 2.36. The second kappa shape index (κ2) is 8.20. The molecule has 150 valence electrons. The first kappa shape index (κ1) is 19.3. The molecular formula is C24H20N2O2S2. The van der Waals surface area contributed by atoms with Crippen molar-refractivity contribution in [3.63, 3.8) is 0 Å². The zero-order valence-corrected chi connectivity index (χ0v) is 17.8. The molecule has 0 N–H and O–H groups in total. The number of hydrogen-bond acceptors (Lipinski definition) is 4. The lowest BCUT2D eigenvalue weighted by Gasteiger charge is -2.27. The number of hydrogen-bond donors (Lipinski definition) is 0. The molecule has 0 aromatic heterocycles. The molecule has 2 heterocycles. The third-order valence-electron chi connectivity index (χ3n) is 5.31. The first-order valence-corrected chi connectivity index (χ1v) is 11.9. The van der Waals surface area contributed by atoms with Crippen LogP contribution in [0.2, 0.25) is 0 Å². The van der Waals surface area contributed by atoms with Gasteiger partial charge in [-0.25, -0.2) is 0 Å². The summed E-state index contributed by atoms with van der Waals surface area (Å²) in [6.07, 6.45) is 0. The Morgan fingerprint density at radius 3 is 1.30 bits per heavy atom. The number of carbonyl (C=O) groups is 2. The van der Waals surface area contributed by atoms with Gasteiger partial charge in [-0.05, 0) is 35.4 Å². The topological polar surface area (TPSA) is 40.6 Å². The lowest BCUT2D eigenvalue weighted by molar-refractivity contribution is -0.116. The summed E-state index contributed by atoms with van der Waals surface area (Å²) in [5.74, 6) is 1.16. The highest BCUT2D eigenvalue weighted by molar-refractivity contribution is 8.01. The van der Waals surface area contributed by atoms with Gasteiger partial charge in [-0.15, -0.1) is 23.5 Å². The molecule has 3 aromatic rings. The van der Waals surface area contributed by atoms with Crippen LogP contribution >= 0.6 is 23.5 Å². The molecule has 2 atom stereocenters. The van der Waals surface area contributed by atoms with Gasteiger partial charge in [0.15, 0.2) is 0 Å². The van der Waals surface area contributed by atoms with Crippen molar-refractivity contribution in [2.24, 2.45) is 0 Å². The van der Waals surface area contributed by atoms with Crippen LogP contribution in [0.15, 0.2) is 84.9 Å². The summed E-state index contributed by atoms with van der Waals surface area (Å²) in [6.45, 7) is 0. The van der Waals surface area contributed by atoms with Crippen molar-refractivity contribution >= 4 is 46.7 Å². The van der Waals surface area contributed by atoms with E-state index >= 15 is 0 Å². The standard InChI is InChI=1S/C24H20N2O2S2/c27-21-15-29-23(17-7-3-1-4-8-17)25(21)19-11-13-20(14-12-19)26-22(28)16-30-24(26)18-9-5-2-6-10-18/h1-14,23-24H,15-16H2/t23-,24+. The van der Waals surface area contributed by atoms with Crippen LogP contribution < -0.4 is 9.80 Å². The molecule has 2 saturated heterocycles. The molecule has 2 amide bonds. The highest BCUT2D eigenvalue weighted by atomic mass is 32.2. The Bertz CT molecular complexity index is 971. The summed E-state index contributed by atoms with van der Waals surface area (Å²) in [5, 5.41) is -0.0452. The summed E-state index contributed by atoms with van der Waals surface area (Å²) >= 11 is 3.29. The number of rotatable bonds is 4. The van der Waals surface area contributed by atoms with E-state index in [0.29, 0.717) is 11.5 Å². The molecule has 3 aromatic carbocycles. The van der Waals surface area contributed by atoms with Crippen molar-refractivity contribution in [1.82, 2.24) is 0 Å². The Morgan fingerprint density at radius 1 is 0.567 bits per heavy atom. The first-order valence-electron chi connectivity index (χ1n) is 9.80. The van der Waals surface area contributed by atoms with Gasteiger partial charge in [0, 0.05) is 11.4 Å². The minimum atomic E-state index is -0.0226. The molecule has 0 radical (unpaired) electrons. The van der Waals surface area contributed by atoms with Crippen LogP contribution in [0, 0.1) is 0 Å². The molecule has 6 heteroatoms. The Balaban J connectivity index is 1.44. The number of benzene rings is 3. The second-order valence-electron chi connectivity index (χ2n) is 7.19.